The summed E-state index contributed by atoms with van der Waals surface area (Å²) < 4.78 is 0. The molecule has 1 saturated heterocycles. The Balaban J connectivity index is 1.97. The van der Waals surface area contributed by atoms with Crippen molar-refractivity contribution in [2.75, 3.05) is 45.6 Å². The summed E-state index contributed by atoms with van der Waals surface area (Å²) in [6.45, 7) is 6.18. The Morgan fingerprint density at radius 1 is 1.14 bits per heavy atom. The topological polar surface area (TPSA) is 73.0 Å². The highest BCUT2D eigenvalue weighted by Gasteiger charge is 2.28. The van der Waals surface area contributed by atoms with E-state index >= 15 is 0 Å². The van der Waals surface area contributed by atoms with Crippen LogP contribution < -0.4 is 5.32 Å². The second kappa shape index (κ2) is 9.78. The van der Waals surface area contributed by atoms with Crippen molar-refractivity contribution in [3.63, 3.8) is 0 Å². The molecule has 0 spiro atoms. The molecule has 0 saturated carbocycles. The highest BCUT2D eigenvalue weighted by molar-refractivity contribution is 6.34. The monoisotopic (exact) mass is 408 g/mol. The standard InChI is InChI=1S/C20H29ClN4O3/c1-5-24(6-2)19(27)16-8-7-15(13-17(16)21)22-18(26)14-9-11-25(12-10-14)20(28)23(3)4/h7-8,13-14H,5-6,9-12H2,1-4H3,(H,22,26). The molecular weight excluding hydrogens is 380 g/mol. The van der Waals surface area contributed by atoms with Gasteiger partial charge in [-0.25, -0.2) is 4.79 Å². The second-order valence-corrected chi connectivity index (χ2v) is 7.51. The van der Waals surface area contributed by atoms with Crippen LogP contribution >= 0.6 is 11.6 Å². The smallest absolute Gasteiger partial charge is 0.319 e. The van der Waals surface area contributed by atoms with Crippen molar-refractivity contribution in [2.24, 2.45) is 5.92 Å². The van der Waals surface area contributed by atoms with E-state index in [0.717, 1.165) is 0 Å². The number of carbonyl (C=O) groups excluding carboxylic acids is 3. The van der Waals surface area contributed by atoms with Gasteiger partial charge in [-0.1, -0.05) is 11.6 Å². The first-order valence-corrected chi connectivity index (χ1v) is 10.0. The maximum absolute atomic E-state index is 12.6. The van der Waals surface area contributed by atoms with Gasteiger partial charge >= 0.3 is 6.03 Å². The molecule has 7 nitrogen and oxygen atoms in total. The van der Waals surface area contributed by atoms with Crippen molar-refractivity contribution in [1.82, 2.24) is 14.7 Å². The number of hydrogen-bond donors (Lipinski definition) is 1. The molecular formula is C20H29ClN4O3. The molecule has 4 amide bonds. The first-order chi connectivity index (χ1) is 13.3. The maximum atomic E-state index is 12.6. The molecule has 0 aromatic heterocycles. The minimum Gasteiger partial charge on any atom is -0.339 e. The van der Waals surface area contributed by atoms with Crippen molar-refractivity contribution in [1.29, 1.82) is 0 Å². The van der Waals surface area contributed by atoms with Gasteiger partial charge in [0.1, 0.15) is 0 Å². The number of halogens is 1. The van der Waals surface area contributed by atoms with Crippen LogP contribution in [0, 0.1) is 5.92 Å². The zero-order valence-corrected chi connectivity index (χ0v) is 17.8. The van der Waals surface area contributed by atoms with Gasteiger partial charge in [0.15, 0.2) is 0 Å². The maximum Gasteiger partial charge on any atom is 0.319 e. The summed E-state index contributed by atoms with van der Waals surface area (Å²) in [6.07, 6.45) is 1.25. The van der Waals surface area contributed by atoms with Crippen LogP contribution in [-0.4, -0.2) is 72.8 Å². The van der Waals surface area contributed by atoms with Crippen molar-refractivity contribution in [3.8, 4) is 0 Å². The Labute approximate surface area is 171 Å². The lowest BCUT2D eigenvalue weighted by Crippen LogP contribution is -2.45. The third-order valence-electron chi connectivity index (χ3n) is 5.04. The average molecular weight is 409 g/mol. The lowest BCUT2D eigenvalue weighted by Gasteiger charge is -2.33. The van der Waals surface area contributed by atoms with Crippen LogP contribution in [0.3, 0.4) is 0 Å². The third kappa shape index (κ3) is 5.16. The first kappa shape index (κ1) is 22.0. The number of piperidine rings is 1. The zero-order valence-electron chi connectivity index (χ0n) is 17.0. The van der Waals surface area contributed by atoms with Gasteiger partial charge in [0, 0.05) is 51.9 Å². The van der Waals surface area contributed by atoms with Crippen LogP contribution in [0.2, 0.25) is 5.02 Å². The molecule has 0 aliphatic carbocycles. The molecule has 0 bridgehead atoms. The Morgan fingerprint density at radius 2 is 1.75 bits per heavy atom. The number of urea groups is 1. The van der Waals surface area contributed by atoms with E-state index in [9.17, 15) is 14.4 Å². The van der Waals surface area contributed by atoms with Crippen LogP contribution in [0.4, 0.5) is 10.5 Å². The van der Waals surface area contributed by atoms with Crippen LogP contribution in [0.5, 0.6) is 0 Å². The summed E-state index contributed by atoms with van der Waals surface area (Å²) in [4.78, 5) is 42.0. The van der Waals surface area contributed by atoms with Crippen LogP contribution in [0.15, 0.2) is 18.2 Å². The molecule has 0 atom stereocenters. The highest BCUT2D eigenvalue weighted by Crippen LogP contribution is 2.25. The number of nitrogens with one attached hydrogen (secondary N) is 1. The summed E-state index contributed by atoms with van der Waals surface area (Å²) >= 11 is 6.29. The average Bonchev–Trinajstić information content (AvgIpc) is 2.68. The minimum atomic E-state index is -0.151. The fraction of sp³-hybridized carbons (Fsp3) is 0.550. The Morgan fingerprint density at radius 3 is 2.25 bits per heavy atom. The molecule has 1 N–H and O–H groups in total. The van der Waals surface area contributed by atoms with Crippen LogP contribution in [0.1, 0.15) is 37.0 Å². The molecule has 1 aliphatic heterocycles. The number of rotatable bonds is 5. The number of amides is 4. The highest BCUT2D eigenvalue weighted by atomic mass is 35.5. The van der Waals surface area contributed by atoms with Crippen molar-refractivity contribution < 1.29 is 14.4 Å². The van der Waals surface area contributed by atoms with Crippen molar-refractivity contribution >= 4 is 35.1 Å². The summed E-state index contributed by atoms with van der Waals surface area (Å²) in [5, 5.41) is 3.20. The summed E-state index contributed by atoms with van der Waals surface area (Å²) in [5.74, 6) is -0.358. The molecule has 1 fully saturated rings. The van der Waals surface area contributed by atoms with E-state index in [1.165, 1.54) is 0 Å². The molecule has 1 aromatic rings. The molecule has 1 heterocycles. The van der Waals surface area contributed by atoms with E-state index in [1.54, 1.807) is 47.0 Å². The van der Waals surface area contributed by atoms with Gasteiger partial charge in [0.05, 0.1) is 10.6 Å². The fourth-order valence-electron chi connectivity index (χ4n) is 3.31. The molecule has 2 rings (SSSR count). The van der Waals surface area contributed by atoms with Crippen molar-refractivity contribution in [3.05, 3.63) is 28.8 Å². The van der Waals surface area contributed by atoms with Gasteiger partial charge in [-0.15, -0.1) is 0 Å². The molecule has 8 heteroatoms. The molecule has 1 aromatic carbocycles. The van der Waals surface area contributed by atoms with Gasteiger partial charge in [-0.05, 0) is 44.9 Å². The van der Waals surface area contributed by atoms with E-state index in [4.69, 9.17) is 11.6 Å². The van der Waals surface area contributed by atoms with E-state index in [0.29, 0.717) is 55.3 Å². The minimum absolute atomic E-state index is 0.0286. The van der Waals surface area contributed by atoms with Gasteiger partial charge in [-0.3, -0.25) is 9.59 Å². The predicted octanol–water partition coefficient (Wildman–Crippen LogP) is 3.15. The number of anilines is 1. The molecule has 0 radical (unpaired) electrons. The predicted molar refractivity (Wildman–Crippen MR) is 111 cm³/mol. The summed E-state index contributed by atoms with van der Waals surface area (Å²) in [6, 6.07) is 4.93. The second-order valence-electron chi connectivity index (χ2n) is 7.10. The molecule has 154 valence electrons. The largest absolute Gasteiger partial charge is 0.339 e. The Kier molecular flexibility index (Phi) is 7.69. The third-order valence-corrected chi connectivity index (χ3v) is 5.35. The first-order valence-electron chi connectivity index (χ1n) is 9.64. The van der Waals surface area contributed by atoms with E-state index < -0.39 is 0 Å². The van der Waals surface area contributed by atoms with Gasteiger partial charge in [-0.2, -0.15) is 0 Å². The Hall–Kier alpha value is -2.28. The fourth-order valence-corrected chi connectivity index (χ4v) is 3.57. The summed E-state index contributed by atoms with van der Waals surface area (Å²) in [5.41, 5.74) is 0.997. The van der Waals surface area contributed by atoms with E-state index in [1.807, 2.05) is 13.8 Å². The Bertz CT molecular complexity index is 726. The van der Waals surface area contributed by atoms with Crippen LogP contribution in [0.25, 0.3) is 0 Å². The lowest BCUT2D eigenvalue weighted by molar-refractivity contribution is -0.121. The number of hydrogen-bond acceptors (Lipinski definition) is 3. The molecule has 28 heavy (non-hydrogen) atoms. The lowest BCUT2D eigenvalue weighted by atomic mass is 9.96. The molecule has 0 unspecified atom stereocenters. The summed E-state index contributed by atoms with van der Waals surface area (Å²) in [7, 11) is 3.44. The van der Waals surface area contributed by atoms with E-state index in [2.05, 4.69) is 5.32 Å². The van der Waals surface area contributed by atoms with Gasteiger partial charge < -0.3 is 20.0 Å². The number of likely N-dealkylation sites (tertiary alicyclic amines) is 1. The van der Waals surface area contributed by atoms with Crippen LogP contribution in [-0.2, 0) is 4.79 Å². The van der Waals surface area contributed by atoms with E-state index in [-0.39, 0.29) is 23.8 Å². The zero-order chi connectivity index (χ0) is 20.8. The number of carbonyl (C=O) groups is 3. The SMILES string of the molecule is CCN(CC)C(=O)c1ccc(NC(=O)C2CCN(C(=O)N(C)C)CC2)cc1Cl. The van der Waals surface area contributed by atoms with Crippen molar-refractivity contribution in [2.45, 2.75) is 26.7 Å². The van der Waals surface area contributed by atoms with Gasteiger partial charge in [0.25, 0.3) is 5.91 Å². The quantitative estimate of drug-likeness (QED) is 0.813. The van der Waals surface area contributed by atoms with Gasteiger partial charge in [0.2, 0.25) is 5.91 Å². The molecule has 1 aliphatic rings. The number of nitrogens with zero attached hydrogens (tertiary/aromatic N) is 3. The normalized spacial score (nSPS) is 14.5. The number of benzene rings is 1.